The third kappa shape index (κ3) is 5.61. The molecule has 0 saturated heterocycles. The van der Waals surface area contributed by atoms with Crippen LogP contribution in [-0.2, 0) is 5.41 Å². The summed E-state index contributed by atoms with van der Waals surface area (Å²) in [6.07, 6.45) is 0. The third-order valence-electron chi connectivity index (χ3n) is 15.1. The molecule has 11 aromatic carbocycles. The van der Waals surface area contributed by atoms with Gasteiger partial charge in [-0.2, -0.15) is 0 Å². The van der Waals surface area contributed by atoms with E-state index in [4.69, 9.17) is 4.74 Å². The molecule has 2 heterocycles. The number of thiophene rings is 1. The molecule has 3 heteroatoms. The van der Waals surface area contributed by atoms with Crippen LogP contribution in [0, 0.1) is 0 Å². The summed E-state index contributed by atoms with van der Waals surface area (Å²) in [6, 6.07) is 92.1. The summed E-state index contributed by atoms with van der Waals surface area (Å²) in [5.74, 6) is 1.69. The molecule has 2 nitrogen and oxygen atoms in total. The third-order valence-corrected chi connectivity index (χ3v) is 16.2. The van der Waals surface area contributed by atoms with E-state index in [0.717, 1.165) is 50.8 Å². The Kier molecular flexibility index (Phi) is 8.48. The van der Waals surface area contributed by atoms with E-state index in [0.29, 0.717) is 0 Å². The molecule has 1 atom stereocenters. The van der Waals surface area contributed by atoms with Gasteiger partial charge in [0.2, 0.25) is 0 Å². The highest BCUT2D eigenvalue weighted by Gasteiger charge is 2.50. The van der Waals surface area contributed by atoms with E-state index in [1.807, 2.05) is 11.3 Å². The predicted octanol–water partition coefficient (Wildman–Crippen LogP) is 18.6. The highest BCUT2D eigenvalue weighted by atomic mass is 32.1. The summed E-state index contributed by atoms with van der Waals surface area (Å²) < 4.78 is 9.43. The van der Waals surface area contributed by atoms with Crippen molar-refractivity contribution in [2.45, 2.75) is 5.41 Å². The van der Waals surface area contributed by atoms with Gasteiger partial charge in [0.05, 0.1) is 5.41 Å². The lowest BCUT2D eigenvalue weighted by Crippen LogP contribution is -2.29. The summed E-state index contributed by atoms with van der Waals surface area (Å²) in [7, 11) is 0. The molecule has 0 bridgehead atoms. The second kappa shape index (κ2) is 15.1. The Labute approximate surface area is 410 Å². The molecular weight excluding hydrogens is 867 g/mol. The van der Waals surface area contributed by atoms with E-state index in [-0.39, 0.29) is 0 Å². The molecule has 326 valence electrons. The zero-order chi connectivity index (χ0) is 45.9. The Morgan fingerprint density at radius 2 is 0.786 bits per heavy atom. The predicted molar refractivity (Wildman–Crippen MR) is 292 cm³/mol. The highest BCUT2D eigenvalue weighted by Crippen LogP contribution is 2.63. The number of anilines is 3. The fraction of sp³-hybridized carbons (Fsp3) is 0.0149. The van der Waals surface area contributed by atoms with Crippen molar-refractivity contribution in [1.82, 2.24) is 0 Å². The van der Waals surface area contributed by atoms with E-state index >= 15 is 0 Å². The number of ether oxygens (including phenoxy) is 1. The molecule has 12 aromatic rings. The molecule has 3 aliphatic rings. The number of para-hydroxylation sites is 1. The first-order chi connectivity index (χ1) is 34.7. The van der Waals surface area contributed by atoms with Gasteiger partial charge < -0.3 is 9.64 Å². The molecular formula is C67H41NOS. The quantitative estimate of drug-likeness (QED) is 0.174. The normalized spacial score (nSPS) is 14.5. The van der Waals surface area contributed by atoms with Crippen LogP contribution >= 0.6 is 11.3 Å². The van der Waals surface area contributed by atoms with E-state index < -0.39 is 5.41 Å². The first kappa shape index (κ1) is 39.3. The van der Waals surface area contributed by atoms with Gasteiger partial charge >= 0.3 is 0 Å². The molecule has 0 amide bonds. The minimum absolute atomic E-state index is 0.660. The van der Waals surface area contributed by atoms with Crippen molar-refractivity contribution in [3.63, 3.8) is 0 Å². The van der Waals surface area contributed by atoms with Gasteiger partial charge in [0.25, 0.3) is 0 Å². The molecule has 1 spiro atoms. The van der Waals surface area contributed by atoms with Crippen LogP contribution in [0.1, 0.15) is 22.3 Å². The number of hydrogen-bond donors (Lipinski definition) is 0. The van der Waals surface area contributed by atoms with Crippen LogP contribution in [0.4, 0.5) is 17.1 Å². The number of hydrogen-bond acceptors (Lipinski definition) is 3. The van der Waals surface area contributed by atoms with Crippen molar-refractivity contribution >= 4 is 48.6 Å². The van der Waals surface area contributed by atoms with Crippen LogP contribution in [0.5, 0.6) is 11.5 Å². The molecule has 0 radical (unpaired) electrons. The molecule has 0 fully saturated rings. The average molecular weight is 908 g/mol. The van der Waals surface area contributed by atoms with E-state index in [1.165, 1.54) is 86.9 Å². The van der Waals surface area contributed by atoms with E-state index in [9.17, 15) is 0 Å². The van der Waals surface area contributed by atoms with Gasteiger partial charge in [-0.3, -0.25) is 0 Å². The van der Waals surface area contributed by atoms with Crippen molar-refractivity contribution in [2.75, 3.05) is 4.90 Å². The molecule has 15 rings (SSSR count). The molecule has 0 N–H and O–H groups in total. The van der Waals surface area contributed by atoms with Crippen LogP contribution < -0.4 is 9.64 Å². The number of rotatable bonds is 4. The van der Waals surface area contributed by atoms with Gasteiger partial charge in [-0.25, -0.2) is 0 Å². The second-order valence-electron chi connectivity index (χ2n) is 18.7. The van der Waals surface area contributed by atoms with Crippen molar-refractivity contribution in [3.05, 3.63) is 271 Å². The Hall–Kier alpha value is -8.76. The highest BCUT2D eigenvalue weighted by molar-refractivity contribution is 7.25. The van der Waals surface area contributed by atoms with Crippen LogP contribution in [0.25, 0.3) is 86.9 Å². The summed E-state index contributed by atoms with van der Waals surface area (Å²) in [5.41, 5.74) is 22.1. The summed E-state index contributed by atoms with van der Waals surface area (Å²) in [6.45, 7) is 0. The molecule has 70 heavy (non-hydrogen) atoms. The van der Waals surface area contributed by atoms with Crippen LogP contribution in [0.2, 0.25) is 0 Å². The van der Waals surface area contributed by atoms with Gasteiger partial charge in [-0.05, 0) is 145 Å². The molecule has 1 unspecified atom stereocenters. The lowest BCUT2D eigenvalue weighted by molar-refractivity contribution is 0.488. The largest absolute Gasteiger partial charge is 0.456 e. The fourth-order valence-corrected chi connectivity index (χ4v) is 13.2. The minimum Gasteiger partial charge on any atom is -0.456 e. The topological polar surface area (TPSA) is 12.5 Å². The van der Waals surface area contributed by atoms with Gasteiger partial charge in [0.15, 0.2) is 0 Å². The lowest BCUT2D eigenvalue weighted by atomic mass is 9.65. The maximum atomic E-state index is 6.81. The van der Waals surface area contributed by atoms with Gasteiger partial charge in [0.1, 0.15) is 11.5 Å². The minimum atomic E-state index is -0.660. The second-order valence-corrected chi connectivity index (χ2v) is 19.8. The first-order valence-electron chi connectivity index (χ1n) is 24.1. The average Bonchev–Trinajstić information content (AvgIpc) is 3.86. The maximum absolute atomic E-state index is 6.81. The van der Waals surface area contributed by atoms with Crippen LogP contribution in [-0.4, -0.2) is 0 Å². The van der Waals surface area contributed by atoms with E-state index in [2.05, 4.69) is 254 Å². The summed E-state index contributed by atoms with van der Waals surface area (Å²) in [4.78, 5) is 2.45. The maximum Gasteiger partial charge on any atom is 0.135 e. The van der Waals surface area contributed by atoms with Crippen LogP contribution in [0.15, 0.2) is 249 Å². The Morgan fingerprint density at radius 3 is 1.53 bits per heavy atom. The monoisotopic (exact) mass is 907 g/mol. The van der Waals surface area contributed by atoms with Crippen molar-refractivity contribution < 1.29 is 4.74 Å². The van der Waals surface area contributed by atoms with Crippen molar-refractivity contribution in [3.8, 4) is 78.3 Å². The zero-order valence-corrected chi connectivity index (χ0v) is 38.8. The lowest BCUT2D eigenvalue weighted by Gasteiger charge is -2.36. The molecule has 1 aliphatic heterocycles. The molecule has 2 aliphatic carbocycles. The van der Waals surface area contributed by atoms with E-state index in [1.54, 1.807) is 0 Å². The fourth-order valence-electron chi connectivity index (χ4n) is 12.1. The first-order valence-corrected chi connectivity index (χ1v) is 24.9. The standard InChI is InChI=1S/C67H41NOS/c1-2-16-42(17-3-1)43-30-32-44(33-31-43)68(45-35-37-64-57(38-45)50-21-7-6-20-49(50)54-24-10-14-28-63(54)69-64)46-34-36-53-48-19-5-4-18-47(48)51-22-8-12-26-59(51)67(61(53)39-46)60-27-13-9-23-52(60)56-40-58-55-25-11-15-29-65(55)70-66(58)41-62(56)67/h1-41H. The Bertz CT molecular complexity index is 4110. The van der Waals surface area contributed by atoms with Crippen molar-refractivity contribution in [2.24, 2.45) is 0 Å². The number of benzene rings is 11. The van der Waals surface area contributed by atoms with Gasteiger partial charge in [-0.1, -0.05) is 182 Å². The van der Waals surface area contributed by atoms with Gasteiger partial charge in [0, 0.05) is 48.4 Å². The SMILES string of the molecule is c1ccc(-c2ccc(N(c3ccc4c(c3)-c3ccccc3-c3ccccc3O4)c3ccc4c(c3)C3(c5ccccc5-c5ccccc5-4)c4ccccc4-c4cc5c(cc43)sc3ccccc35)cc2)cc1. The van der Waals surface area contributed by atoms with Crippen LogP contribution in [0.3, 0.4) is 0 Å². The van der Waals surface area contributed by atoms with Gasteiger partial charge in [-0.15, -0.1) is 11.3 Å². The number of nitrogens with zero attached hydrogens (tertiary/aromatic N) is 1. The smallest absolute Gasteiger partial charge is 0.135 e. The molecule has 1 aromatic heterocycles. The summed E-state index contributed by atoms with van der Waals surface area (Å²) >= 11 is 1.90. The Balaban J connectivity index is 1.03. The summed E-state index contributed by atoms with van der Waals surface area (Å²) in [5, 5.41) is 2.62. The molecule has 0 saturated carbocycles. The van der Waals surface area contributed by atoms with Crippen molar-refractivity contribution in [1.29, 1.82) is 0 Å². The zero-order valence-electron chi connectivity index (χ0n) is 37.9. The number of fused-ring (bicyclic) bond motifs is 20. The Morgan fingerprint density at radius 1 is 0.286 bits per heavy atom.